The van der Waals surface area contributed by atoms with E-state index in [1.165, 1.54) is 6.92 Å². The first-order valence-corrected chi connectivity index (χ1v) is 9.61. The fourth-order valence-corrected chi connectivity index (χ4v) is 3.62. The predicted octanol–water partition coefficient (Wildman–Crippen LogP) is 3.01. The van der Waals surface area contributed by atoms with Gasteiger partial charge < -0.3 is 10.6 Å². The summed E-state index contributed by atoms with van der Waals surface area (Å²) in [5.41, 5.74) is 3.85. The lowest BCUT2D eigenvalue weighted by Crippen LogP contribution is -2.50. The minimum atomic E-state index is -1.04. The van der Waals surface area contributed by atoms with Gasteiger partial charge in [0.25, 0.3) is 0 Å². The highest BCUT2D eigenvalue weighted by Gasteiger charge is 2.34. The van der Waals surface area contributed by atoms with Crippen LogP contribution in [-0.2, 0) is 14.4 Å². The largest absolute Gasteiger partial charge is 0.345 e. The maximum Gasteiger partial charge on any atom is 0.242 e. The number of carbonyl (C=O) groups is 3. The molecule has 0 heterocycles. The van der Waals surface area contributed by atoms with Crippen LogP contribution in [0.1, 0.15) is 38.7 Å². The zero-order valence-electron chi connectivity index (χ0n) is 16.7. The van der Waals surface area contributed by atoms with E-state index in [0.29, 0.717) is 0 Å². The second kappa shape index (κ2) is 8.57. The second-order valence-electron chi connectivity index (χ2n) is 6.89. The summed E-state index contributed by atoms with van der Waals surface area (Å²) in [7, 11) is 0. The van der Waals surface area contributed by atoms with Gasteiger partial charge in [0.1, 0.15) is 6.04 Å². The molecule has 1 aliphatic rings. The van der Waals surface area contributed by atoms with Crippen molar-refractivity contribution in [3.05, 3.63) is 59.7 Å². The Hall–Kier alpha value is -2.66. The van der Waals surface area contributed by atoms with Gasteiger partial charge in [0.15, 0.2) is 5.78 Å². The molecule has 3 unspecified atom stereocenters. The summed E-state index contributed by atoms with van der Waals surface area (Å²) in [6.07, 6.45) is -0.153. The van der Waals surface area contributed by atoms with Gasteiger partial charge in [-0.1, -0.05) is 48.5 Å². The van der Waals surface area contributed by atoms with Crippen LogP contribution in [0.2, 0.25) is 0 Å². The molecule has 2 amide bonds. The molecule has 0 fully saturated rings. The summed E-state index contributed by atoms with van der Waals surface area (Å²) in [6.45, 7) is 3.11. The van der Waals surface area contributed by atoms with E-state index in [2.05, 4.69) is 10.6 Å². The number of nitrogens with one attached hydrogen (secondary N) is 2. The zero-order chi connectivity index (χ0) is 21.1. The van der Waals surface area contributed by atoms with Crippen molar-refractivity contribution >= 4 is 29.2 Å². The van der Waals surface area contributed by atoms with Crippen molar-refractivity contribution in [2.75, 3.05) is 5.86 Å². The third kappa shape index (κ3) is 3.94. The molecule has 1 aliphatic carbocycles. The Morgan fingerprint density at radius 2 is 1.50 bits per heavy atom. The second-order valence-corrected chi connectivity index (χ2v) is 7.20. The average molecular weight is 400 g/mol. The first kappa shape index (κ1) is 18.7. The summed E-state index contributed by atoms with van der Waals surface area (Å²) in [5, 5.41) is 5.34. The maximum atomic E-state index is 13.1. The number of ketones is 1. The van der Waals surface area contributed by atoms with Crippen molar-refractivity contribution in [1.29, 1.82) is 0 Å². The molecule has 2 aromatic rings. The summed E-state index contributed by atoms with van der Waals surface area (Å²) < 4.78 is 7.25. The molecule has 2 N–H and O–H groups in total. The fraction of sp³-hybridized carbons (Fsp3) is 0.318. The van der Waals surface area contributed by atoms with Gasteiger partial charge in [-0.3, -0.25) is 14.4 Å². The molecular weight excluding hydrogens is 376 g/mol. The van der Waals surface area contributed by atoms with E-state index in [0.717, 1.165) is 22.3 Å². The Balaban J connectivity index is 1.70. The first-order valence-electron chi connectivity index (χ1n) is 9.75. The third-order valence-corrected chi connectivity index (χ3v) is 5.12. The van der Waals surface area contributed by atoms with Crippen LogP contribution in [0, 0.1) is 0 Å². The third-order valence-electron chi connectivity index (χ3n) is 4.97. The number of hydrogen-bond acceptors (Lipinski definition) is 3. The number of Topliss-reactive ketones (excluding diaryl/α,β-unsaturated/α-hetero) is 1. The molecule has 0 aliphatic heterocycles. The van der Waals surface area contributed by atoms with Gasteiger partial charge in [0.2, 0.25) is 11.8 Å². The van der Waals surface area contributed by atoms with Gasteiger partial charge in [0.05, 0.1) is 12.0 Å². The summed E-state index contributed by atoms with van der Waals surface area (Å²) >= 11 is 5.52. The highest BCUT2D eigenvalue weighted by atomic mass is 35.5. The number of hydrogen-bond donors (Lipinski definition) is 2. The predicted molar refractivity (Wildman–Crippen MR) is 109 cm³/mol. The van der Waals surface area contributed by atoms with Crippen LogP contribution in [0.3, 0.4) is 0 Å². The van der Waals surface area contributed by atoms with Gasteiger partial charge in [0, 0.05) is 13.6 Å². The maximum absolute atomic E-state index is 13.1. The molecular formula is C22H23ClN2O3. The smallest absolute Gasteiger partial charge is 0.242 e. The van der Waals surface area contributed by atoms with Crippen molar-refractivity contribution in [2.24, 2.45) is 0 Å². The lowest BCUT2D eigenvalue weighted by molar-refractivity contribution is -0.131. The number of benzene rings is 2. The lowest BCUT2D eigenvalue weighted by Gasteiger charge is -2.20. The van der Waals surface area contributed by atoms with Gasteiger partial charge in [-0.15, -0.1) is 11.6 Å². The molecule has 0 saturated carbocycles. The van der Waals surface area contributed by atoms with E-state index in [-0.39, 0.29) is 18.1 Å². The highest BCUT2D eigenvalue weighted by Crippen LogP contribution is 2.44. The van der Waals surface area contributed by atoms with Crippen molar-refractivity contribution in [3.63, 3.8) is 0 Å². The Bertz CT molecular complexity index is 902. The SMILES string of the molecule is [2H]C(Cl)CC(=O)C(C)NC(=O)C(C)NC(=O)C1c2ccccc2-c2ccccc21. The summed E-state index contributed by atoms with van der Waals surface area (Å²) in [6, 6.07) is 13.9. The molecule has 0 radical (unpaired) electrons. The highest BCUT2D eigenvalue weighted by molar-refractivity contribution is 6.19. The van der Waals surface area contributed by atoms with E-state index < -0.39 is 29.8 Å². The molecule has 28 heavy (non-hydrogen) atoms. The lowest BCUT2D eigenvalue weighted by atomic mass is 9.96. The number of fused-ring (bicyclic) bond motifs is 3. The fourth-order valence-electron chi connectivity index (χ4n) is 3.47. The topological polar surface area (TPSA) is 75.3 Å². The Labute approximate surface area is 170 Å². The Kier molecular flexibility index (Phi) is 5.72. The van der Waals surface area contributed by atoms with Crippen molar-refractivity contribution < 1.29 is 15.8 Å². The minimum Gasteiger partial charge on any atom is -0.345 e. The van der Waals surface area contributed by atoms with Crippen molar-refractivity contribution in [2.45, 2.75) is 38.3 Å². The zero-order valence-corrected chi connectivity index (χ0v) is 16.5. The van der Waals surface area contributed by atoms with Gasteiger partial charge in [-0.05, 0) is 36.1 Å². The molecule has 5 nitrogen and oxygen atoms in total. The molecule has 3 atom stereocenters. The number of amides is 2. The van der Waals surface area contributed by atoms with E-state index in [1.807, 2.05) is 48.5 Å². The number of carbonyl (C=O) groups excluding carboxylic acids is 3. The van der Waals surface area contributed by atoms with E-state index >= 15 is 0 Å². The van der Waals surface area contributed by atoms with Crippen LogP contribution >= 0.6 is 11.6 Å². The van der Waals surface area contributed by atoms with Crippen LogP contribution < -0.4 is 10.6 Å². The Morgan fingerprint density at radius 1 is 0.964 bits per heavy atom. The monoisotopic (exact) mass is 399 g/mol. The molecule has 6 heteroatoms. The van der Waals surface area contributed by atoms with Crippen molar-refractivity contribution in [3.8, 4) is 11.1 Å². The molecule has 2 aromatic carbocycles. The minimum absolute atomic E-state index is 0.153. The van der Waals surface area contributed by atoms with Crippen LogP contribution in [0.5, 0.6) is 0 Å². The van der Waals surface area contributed by atoms with Crippen LogP contribution in [0.4, 0.5) is 0 Å². The summed E-state index contributed by atoms with van der Waals surface area (Å²) in [4.78, 5) is 37.4. The molecule has 0 bridgehead atoms. The van der Waals surface area contributed by atoms with E-state index in [4.69, 9.17) is 13.0 Å². The average Bonchev–Trinajstić information content (AvgIpc) is 3.01. The van der Waals surface area contributed by atoms with Gasteiger partial charge in [-0.2, -0.15) is 0 Å². The van der Waals surface area contributed by atoms with Crippen molar-refractivity contribution in [1.82, 2.24) is 10.6 Å². The number of halogens is 1. The molecule has 3 rings (SSSR count). The Morgan fingerprint density at radius 3 is 2.04 bits per heavy atom. The standard InChI is InChI=1S/C22H23ClN2O3/c1-13(19(26)11-12-23)24-21(27)14(2)25-22(28)20-17-9-5-3-7-15(17)16-8-4-6-10-18(16)20/h3-10,13-14,20H,11-12H2,1-2H3,(H,24,27)(H,25,28)/i12D. The molecule has 0 aromatic heterocycles. The molecule has 0 spiro atoms. The molecule has 0 saturated heterocycles. The quantitative estimate of drug-likeness (QED) is 0.703. The summed E-state index contributed by atoms with van der Waals surface area (Å²) in [5.74, 6) is -2.59. The first-order chi connectivity index (χ1) is 13.8. The van der Waals surface area contributed by atoms with Crippen LogP contribution in [-0.4, -0.2) is 35.5 Å². The van der Waals surface area contributed by atoms with Gasteiger partial charge in [-0.25, -0.2) is 0 Å². The van der Waals surface area contributed by atoms with E-state index in [1.54, 1.807) is 6.92 Å². The van der Waals surface area contributed by atoms with Gasteiger partial charge >= 0.3 is 0 Å². The number of rotatable bonds is 7. The molecule has 146 valence electrons. The number of alkyl halides is 1. The van der Waals surface area contributed by atoms with Crippen LogP contribution in [0.15, 0.2) is 48.5 Å². The van der Waals surface area contributed by atoms with Crippen LogP contribution in [0.25, 0.3) is 11.1 Å². The van der Waals surface area contributed by atoms with E-state index in [9.17, 15) is 14.4 Å². The normalized spacial score (nSPS) is 16.2.